The zero-order valence-electron chi connectivity index (χ0n) is 13.7. The van der Waals surface area contributed by atoms with Crippen LogP contribution in [0.1, 0.15) is 36.1 Å². The second-order valence-electron chi connectivity index (χ2n) is 5.66. The topological polar surface area (TPSA) is 55.4 Å². The van der Waals surface area contributed by atoms with E-state index in [1.54, 1.807) is 12.1 Å². The number of carbonyl (C=O) groups is 2. The lowest BCUT2D eigenvalue weighted by Gasteiger charge is -2.18. The summed E-state index contributed by atoms with van der Waals surface area (Å²) in [5.74, 6) is -0.985. The predicted molar refractivity (Wildman–Crippen MR) is 88.5 cm³/mol. The standard InChI is InChI=1S/C19H20FNO3/c1-13-3-7-16(8-4-13)18(21-14(2)22)11-19(23)24-12-15-5-9-17(20)10-6-15/h3-10,18H,11-12H2,1-2H3,(H,21,22). The van der Waals surface area contributed by atoms with Crippen molar-refractivity contribution >= 4 is 11.9 Å². The van der Waals surface area contributed by atoms with Gasteiger partial charge in [0.1, 0.15) is 12.4 Å². The highest BCUT2D eigenvalue weighted by molar-refractivity contribution is 5.76. The van der Waals surface area contributed by atoms with Crippen molar-refractivity contribution < 1.29 is 18.7 Å². The van der Waals surface area contributed by atoms with Gasteiger partial charge in [-0.05, 0) is 30.2 Å². The van der Waals surface area contributed by atoms with Crippen LogP contribution in [0.5, 0.6) is 0 Å². The average molecular weight is 329 g/mol. The van der Waals surface area contributed by atoms with Crippen molar-refractivity contribution in [3.05, 3.63) is 71.0 Å². The number of amides is 1. The number of halogens is 1. The Balaban J connectivity index is 1.97. The monoisotopic (exact) mass is 329 g/mol. The summed E-state index contributed by atoms with van der Waals surface area (Å²) in [5.41, 5.74) is 2.64. The summed E-state index contributed by atoms with van der Waals surface area (Å²) in [4.78, 5) is 23.5. The van der Waals surface area contributed by atoms with Gasteiger partial charge in [-0.3, -0.25) is 9.59 Å². The van der Waals surface area contributed by atoms with Gasteiger partial charge in [0.15, 0.2) is 0 Å². The number of hydrogen-bond acceptors (Lipinski definition) is 3. The van der Waals surface area contributed by atoms with Crippen molar-refractivity contribution in [2.75, 3.05) is 0 Å². The maximum Gasteiger partial charge on any atom is 0.308 e. The van der Waals surface area contributed by atoms with Crippen LogP contribution in [0.2, 0.25) is 0 Å². The summed E-state index contributed by atoms with van der Waals surface area (Å²) >= 11 is 0. The molecule has 2 aromatic rings. The number of carbonyl (C=O) groups excluding carboxylic acids is 2. The van der Waals surface area contributed by atoms with Crippen molar-refractivity contribution in [1.29, 1.82) is 0 Å². The van der Waals surface area contributed by atoms with Gasteiger partial charge in [0.05, 0.1) is 12.5 Å². The van der Waals surface area contributed by atoms with Crippen LogP contribution < -0.4 is 5.32 Å². The summed E-state index contributed by atoms with van der Waals surface area (Å²) in [7, 11) is 0. The fraction of sp³-hybridized carbons (Fsp3) is 0.263. The van der Waals surface area contributed by atoms with E-state index in [0.717, 1.165) is 11.1 Å². The quantitative estimate of drug-likeness (QED) is 0.826. The molecule has 1 atom stereocenters. The van der Waals surface area contributed by atoms with Gasteiger partial charge in [-0.2, -0.15) is 0 Å². The van der Waals surface area contributed by atoms with E-state index < -0.39 is 12.0 Å². The van der Waals surface area contributed by atoms with E-state index in [1.807, 2.05) is 31.2 Å². The van der Waals surface area contributed by atoms with Crippen LogP contribution in [0.15, 0.2) is 48.5 Å². The van der Waals surface area contributed by atoms with Gasteiger partial charge in [-0.25, -0.2) is 4.39 Å². The smallest absolute Gasteiger partial charge is 0.308 e. The first kappa shape index (κ1) is 17.7. The Morgan fingerprint density at radius 3 is 2.29 bits per heavy atom. The summed E-state index contributed by atoms with van der Waals surface area (Å²) in [6, 6.07) is 12.9. The van der Waals surface area contributed by atoms with E-state index in [-0.39, 0.29) is 24.8 Å². The number of esters is 1. The lowest BCUT2D eigenvalue weighted by molar-refractivity contribution is -0.145. The molecule has 0 saturated heterocycles. The van der Waals surface area contributed by atoms with Crippen molar-refractivity contribution in [2.24, 2.45) is 0 Å². The summed E-state index contributed by atoms with van der Waals surface area (Å²) in [6.45, 7) is 3.44. The SMILES string of the molecule is CC(=O)NC(CC(=O)OCc1ccc(F)cc1)c1ccc(C)cc1. The molecule has 1 amide bonds. The van der Waals surface area contributed by atoms with E-state index in [1.165, 1.54) is 19.1 Å². The minimum absolute atomic E-state index is 0.0316. The number of benzene rings is 2. The van der Waals surface area contributed by atoms with E-state index in [0.29, 0.717) is 5.56 Å². The third kappa shape index (κ3) is 5.50. The lowest BCUT2D eigenvalue weighted by Crippen LogP contribution is -2.28. The van der Waals surface area contributed by atoms with E-state index >= 15 is 0 Å². The second-order valence-corrected chi connectivity index (χ2v) is 5.66. The zero-order chi connectivity index (χ0) is 17.5. The number of ether oxygens (including phenoxy) is 1. The molecule has 0 aromatic heterocycles. The van der Waals surface area contributed by atoms with Gasteiger partial charge in [-0.15, -0.1) is 0 Å². The number of nitrogens with one attached hydrogen (secondary N) is 1. The Hall–Kier alpha value is -2.69. The van der Waals surface area contributed by atoms with Gasteiger partial charge in [0.2, 0.25) is 5.91 Å². The number of aryl methyl sites for hydroxylation is 1. The fourth-order valence-corrected chi connectivity index (χ4v) is 2.27. The molecule has 0 saturated carbocycles. The van der Waals surface area contributed by atoms with Gasteiger partial charge < -0.3 is 10.1 Å². The van der Waals surface area contributed by atoms with E-state index in [2.05, 4.69) is 5.32 Å². The molecule has 2 aromatic carbocycles. The molecule has 0 radical (unpaired) electrons. The van der Waals surface area contributed by atoms with Gasteiger partial charge >= 0.3 is 5.97 Å². The van der Waals surface area contributed by atoms with Crippen LogP contribution in [-0.4, -0.2) is 11.9 Å². The van der Waals surface area contributed by atoms with Crippen LogP contribution in [0, 0.1) is 12.7 Å². The van der Waals surface area contributed by atoms with E-state index in [9.17, 15) is 14.0 Å². The molecule has 5 heteroatoms. The molecule has 126 valence electrons. The third-order valence-electron chi connectivity index (χ3n) is 3.54. The van der Waals surface area contributed by atoms with Crippen LogP contribution in [0.4, 0.5) is 4.39 Å². The molecule has 4 nitrogen and oxygen atoms in total. The molecule has 1 N–H and O–H groups in total. The Kier molecular flexibility index (Phi) is 6.07. The van der Waals surface area contributed by atoms with Crippen LogP contribution in [0.3, 0.4) is 0 Å². The molecule has 0 spiro atoms. The highest BCUT2D eigenvalue weighted by Gasteiger charge is 2.18. The van der Waals surface area contributed by atoms with Crippen LogP contribution in [0.25, 0.3) is 0 Å². The van der Waals surface area contributed by atoms with Crippen LogP contribution >= 0.6 is 0 Å². The Morgan fingerprint density at radius 1 is 1.08 bits per heavy atom. The zero-order valence-corrected chi connectivity index (χ0v) is 13.7. The van der Waals surface area contributed by atoms with Gasteiger partial charge in [0.25, 0.3) is 0 Å². The summed E-state index contributed by atoms with van der Waals surface area (Å²) < 4.78 is 18.1. The molecule has 0 heterocycles. The first-order valence-corrected chi connectivity index (χ1v) is 7.68. The normalized spacial score (nSPS) is 11.6. The molecule has 0 aliphatic rings. The maximum absolute atomic E-state index is 12.8. The predicted octanol–water partition coefficient (Wildman–Crippen LogP) is 3.44. The second kappa shape index (κ2) is 8.24. The fourth-order valence-electron chi connectivity index (χ4n) is 2.27. The molecule has 2 rings (SSSR count). The molecule has 24 heavy (non-hydrogen) atoms. The molecule has 0 bridgehead atoms. The Morgan fingerprint density at radius 2 is 1.71 bits per heavy atom. The summed E-state index contributed by atoms with van der Waals surface area (Å²) in [6.07, 6.45) is 0.0316. The van der Waals surface area contributed by atoms with E-state index in [4.69, 9.17) is 4.74 Å². The highest BCUT2D eigenvalue weighted by atomic mass is 19.1. The van der Waals surface area contributed by atoms with Crippen molar-refractivity contribution in [3.8, 4) is 0 Å². The van der Waals surface area contributed by atoms with Crippen molar-refractivity contribution in [2.45, 2.75) is 32.9 Å². The first-order chi connectivity index (χ1) is 11.4. The third-order valence-corrected chi connectivity index (χ3v) is 3.54. The minimum Gasteiger partial charge on any atom is -0.461 e. The molecular weight excluding hydrogens is 309 g/mol. The molecule has 0 aliphatic heterocycles. The van der Waals surface area contributed by atoms with Crippen LogP contribution in [-0.2, 0) is 20.9 Å². The van der Waals surface area contributed by atoms with Crippen molar-refractivity contribution in [1.82, 2.24) is 5.32 Å². The first-order valence-electron chi connectivity index (χ1n) is 7.68. The highest BCUT2D eigenvalue weighted by Crippen LogP contribution is 2.18. The average Bonchev–Trinajstić information content (AvgIpc) is 2.54. The lowest BCUT2D eigenvalue weighted by atomic mass is 10.0. The number of rotatable bonds is 6. The van der Waals surface area contributed by atoms with Crippen molar-refractivity contribution in [3.63, 3.8) is 0 Å². The summed E-state index contributed by atoms with van der Waals surface area (Å²) in [5, 5.41) is 2.76. The Labute approximate surface area is 140 Å². The molecule has 0 aliphatic carbocycles. The largest absolute Gasteiger partial charge is 0.461 e. The minimum atomic E-state index is -0.441. The molecule has 1 unspecified atom stereocenters. The number of hydrogen-bond donors (Lipinski definition) is 1. The Bertz CT molecular complexity index is 696. The van der Waals surface area contributed by atoms with Gasteiger partial charge in [-0.1, -0.05) is 42.0 Å². The molecule has 0 fully saturated rings. The van der Waals surface area contributed by atoms with Gasteiger partial charge in [0, 0.05) is 6.92 Å². The molecular formula is C19H20FNO3. The maximum atomic E-state index is 12.8.